The smallest absolute Gasteiger partial charge is 0.340 e. The molecule has 0 spiro atoms. The molecule has 3 heterocycles. The first-order valence-corrected chi connectivity index (χ1v) is 11.0. The lowest BCUT2D eigenvalue weighted by Gasteiger charge is -2.15. The Kier molecular flexibility index (Phi) is 5.32. The van der Waals surface area contributed by atoms with Crippen LogP contribution in [0.25, 0.3) is 32.8 Å². The van der Waals surface area contributed by atoms with E-state index in [-0.39, 0.29) is 24.2 Å². The van der Waals surface area contributed by atoms with Crippen molar-refractivity contribution in [2.75, 3.05) is 0 Å². The number of aromatic hydroxyl groups is 1. The first kappa shape index (κ1) is 22.3. The van der Waals surface area contributed by atoms with Gasteiger partial charge in [-0.15, -0.1) is 0 Å². The summed E-state index contributed by atoms with van der Waals surface area (Å²) in [6, 6.07) is 7.01. The number of fused-ring (bicyclic) bond motifs is 3. The zero-order valence-electron chi connectivity index (χ0n) is 19.0. The molecule has 0 radical (unpaired) electrons. The molecule has 1 unspecified atom stereocenters. The number of rotatable bonds is 6. The van der Waals surface area contributed by atoms with Crippen molar-refractivity contribution in [2.45, 2.75) is 32.7 Å². The van der Waals surface area contributed by atoms with Crippen LogP contribution in [0.3, 0.4) is 0 Å². The SMILES string of the molecule is Cc1coc2cc3oc(=O)c(CC(=O)NC(Cc4c[nH]c5ccc(O)cc45)C(=O)O)c(C)c3cc12. The van der Waals surface area contributed by atoms with E-state index in [4.69, 9.17) is 8.83 Å². The van der Waals surface area contributed by atoms with Crippen LogP contribution < -0.4 is 10.9 Å². The van der Waals surface area contributed by atoms with Crippen molar-refractivity contribution in [1.82, 2.24) is 10.3 Å². The molecular formula is C26H22N2O7. The van der Waals surface area contributed by atoms with Crippen molar-refractivity contribution >= 4 is 44.7 Å². The number of aromatic amines is 1. The Hall–Kier alpha value is -4.53. The Morgan fingerprint density at radius 2 is 1.89 bits per heavy atom. The van der Waals surface area contributed by atoms with Crippen LogP contribution in [-0.2, 0) is 22.4 Å². The van der Waals surface area contributed by atoms with Gasteiger partial charge >= 0.3 is 11.6 Å². The summed E-state index contributed by atoms with van der Waals surface area (Å²) >= 11 is 0. The van der Waals surface area contributed by atoms with E-state index in [0.29, 0.717) is 33.1 Å². The number of H-pyrrole nitrogens is 1. The number of aromatic nitrogens is 1. The van der Waals surface area contributed by atoms with Gasteiger partial charge in [0.1, 0.15) is 23.0 Å². The van der Waals surface area contributed by atoms with Crippen LogP contribution in [0.5, 0.6) is 5.75 Å². The van der Waals surface area contributed by atoms with Crippen LogP contribution >= 0.6 is 0 Å². The molecule has 0 bridgehead atoms. The number of phenolic OH excluding ortho intramolecular Hbond substituents is 1. The minimum atomic E-state index is -1.23. The molecule has 1 atom stereocenters. The molecule has 2 aromatic carbocycles. The number of amides is 1. The number of carbonyl (C=O) groups excluding carboxylic acids is 1. The summed E-state index contributed by atoms with van der Waals surface area (Å²) in [6.07, 6.45) is 2.93. The summed E-state index contributed by atoms with van der Waals surface area (Å²) in [6.45, 7) is 3.64. The minimum absolute atomic E-state index is 0.00636. The van der Waals surface area contributed by atoms with Crippen LogP contribution in [0.2, 0.25) is 0 Å². The Morgan fingerprint density at radius 3 is 2.66 bits per heavy atom. The van der Waals surface area contributed by atoms with E-state index in [1.165, 1.54) is 12.1 Å². The molecule has 4 N–H and O–H groups in total. The number of carboxylic acid groups (broad SMARTS) is 1. The van der Waals surface area contributed by atoms with Crippen molar-refractivity contribution in [3.8, 4) is 5.75 Å². The van der Waals surface area contributed by atoms with Gasteiger partial charge in [-0.05, 0) is 54.8 Å². The second kappa shape index (κ2) is 8.35. The Labute approximate surface area is 198 Å². The molecule has 0 fully saturated rings. The first-order chi connectivity index (χ1) is 16.7. The zero-order valence-corrected chi connectivity index (χ0v) is 19.0. The zero-order chi connectivity index (χ0) is 24.9. The third-order valence-corrected chi connectivity index (χ3v) is 6.32. The average molecular weight is 474 g/mol. The average Bonchev–Trinajstić information content (AvgIpc) is 3.37. The summed E-state index contributed by atoms with van der Waals surface area (Å²) in [5.41, 5.74) is 3.34. The van der Waals surface area contributed by atoms with Crippen LogP contribution in [0.15, 0.2) is 56.4 Å². The first-order valence-electron chi connectivity index (χ1n) is 11.0. The second-order valence-corrected chi connectivity index (χ2v) is 8.64. The minimum Gasteiger partial charge on any atom is -0.508 e. The molecule has 5 aromatic rings. The molecule has 35 heavy (non-hydrogen) atoms. The van der Waals surface area contributed by atoms with Gasteiger partial charge in [-0.2, -0.15) is 0 Å². The molecule has 5 rings (SSSR count). The van der Waals surface area contributed by atoms with E-state index >= 15 is 0 Å². The van der Waals surface area contributed by atoms with Crippen LogP contribution in [0, 0.1) is 13.8 Å². The second-order valence-electron chi connectivity index (χ2n) is 8.64. The molecule has 9 heteroatoms. The number of phenols is 1. The standard InChI is InChI=1S/C26H22N2O7/c1-12-11-34-22-9-23-17(7-16(12)22)13(2)18(26(33)35-23)8-24(30)28-21(25(31)32)5-14-10-27-20-4-3-15(29)6-19(14)20/h3-4,6-7,9-11,21,27,29H,5,8H2,1-2H3,(H,28,30)(H,31,32). The molecule has 0 aliphatic heterocycles. The van der Waals surface area contributed by atoms with E-state index in [1.54, 1.807) is 31.5 Å². The Balaban J connectivity index is 1.41. The molecule has 0 aliphatic carbocycles. The number of carboxylic acids is 1. The van der Waals surface area contributed by atoms with Gasteiger partial charge in [-0.25, -0.2) is 9.59 Å². The third kappa shape index (κ3) is 4.01. The van der Waals surface area contributed by atoms with Gasteiger partial charge in [0.2, 0.25) is 5.91 Å². The largest absolute Gasteiger partial charge is 0.508 e. The van der Waals surface area contributed by atoms with Gasteiger partial charge in [-0.3, -0.25) is 4.79 Å². The number of hydrogen-bond acceptors (Lipinski definition) is 6. The normalized spacial score (nSPS) is 12.4. The molecule has 0 saturated carbocycles. The lowest BCUT2D eigenvalue weighted by Crippen LogP contribution is -2.43. The summed E-state index contributed by atoms with van der Waals surface area (Å²) in [5, 5.41) is 24.2. The van der Waals surface area contributed by atoms with E-state index in [9.17, 15) is 24.6 Å². The van der Waals surface area contributed by atoms with Crippen molar-refractivity contribution in [3.05, 3.63) is 75.5 Å². The van der Waals surface area contributed by atoms with Gasteiger partial charge in [0.05, 0.1) is 18.2 Å². The predicted molar refractivity (Wildman–Crippen MR) is 129 cm³/mol. The van der Waals surface area contributed by atoms with Crippen molar-refractivity contribution in [2.24, 2.45) is 0 Å². The summed E-state index contributed by atoms with van der Waals surface area (Å²) < 4.78 is 10.9. The maximum absolute atomic E-state index is 12.8. The van der Waals surface area contributed by atoms with Crippen molar-refractivity contribution < 1.29 is 28.6 Å². The van der Waals surface area contributed by atoms with Crippen molar-refractivity contribution in [3.63, 3.8) is 0 Å². The Bertz CT molecular complexity index is 1690. The lowest BCUT2D eigenvalue weighted by atomic mass is 10.0. The Morgan fingerprint density at radius 1 is 1.09 bits per heavy atom. The summed E-state index contributed by atoms with van der Waals surface area (Å²) in [7, 11) is 0. The van der Waals surface area contributed by atoms with E-state index < -0.39 is 23.5 Å². The number of benzene rings is 2. The van der Waals surface area contributed by atoms with E-state index in [2.05, 4.69) is 10.3 Å². The molecule has 1 amide bonds. The quantitative estimate of drug-likeness (QED) is 0.275. The number of carbonyl (C=O) groups is 2. The number of aryl methyl sites for hydroxylation is 2. The van der Waals surface area contributed by atoms with Gasteiger partial charge in [0, 0.05) is 40.4 Å². The fourth-order valence-electron chi connectivity index (χ4n) is 4.40. The number of nitrogens with one attached hydrogen (secondary N) is 2. The topological polar surface area (TPSA) is 146 Å². The third-order valence-electron chi connectivity index (χ3n) is 6.32. The van der Waals surface area contributed by atoms with Gasteiger partial charge in [0.15, 0.2) is 0 Å². The number of furan rings is 1. The van der Waals surface area contributed by atoms with E-state index in [0.717, 1.165) is 16.5 Å². The van der Waals surface area contributed by atoms with Gasteiger partial charge in [-0.1, -0.05) is 0 Å². The maximum Gasteiger partial charge on any atom is 0.340 e. The molecular weight excluding hydrogens is 452 g/mol. The highest BCUT2D eigenvalue weighted by molar-refractivity contribution is 5.97. The van der Waals surface area contributed by atoms with Crippen LogP contribution in [-0.4, -0.2) is 33.1 Å². The van der Waals surface area contributed by atoms with Crippen LogP contribution in [0.4, 0.5) is 0 Å². The summed E-state index contributed by atoms with van der Waals surface area (Å²) in [4.78, 5) is 40.4. The van der Waals surface area contributed by atoms with Gasteiger partial charge in [0.25, 0.3) is 0 Å². The highest BCUT2D eigenvalue weighted by Crippen LogP contribution is 2.29. The molecule has 9 nitrogen and oxygen atoms in total. The number of aliphatic carboxylic acids is 1. The molecule has 178 valence electrons. The molecule has 0 saturated heterocycles. The maximum atomic E-state index is 12.8. The van der Waals surface area contributed by atoms with Gasteiger partial charge < -0.3 is 29.3 Å². The van der Waals surface area contributed by atoms with Crippen molar-refractivity contribution in [1.29, 1.82) is 0 Å². The fraction of sp³-hybridized carbons (Fsp3) is 0.192. The van der Waals surface area contributed by atoms with E-state index in [1.807, 2.05) is 13.0 Å². The molecule has 0 aliphatic rings. The lowest BCUT2D eigenvalue weighted by molar-refractivity contribution is -0.141. The highest BCUT2D eigenvalue weighted by Gasteiger charge is 2.24. The predicted octanol–water partition coefficient (Wildman–Crippen LogP) is 3.70. The fourth-order valence-corrected chi connectivity index (χ4v) is 4.40. The molecule has 3 aromatic heterocycles. The van der Waals surface area contributed by atoms with Crippen LogP contribution in [0.1, 0.15) is 22.3 Å². The monoisotopic (exact) mass is 474 g/mol. The highest BCUT2D eigenvalue weighted by atomic mass is 16.4. The number of hydrogen-bond donors (Lipinski definition) is 4. The summed E-state index contributed by atoms with van der Waals surface area (Å²) in [5.74, 6) is -1.78.